The molecule has 0 amide bonds. The molecule has 2 heterocycles. The predicted octanol–water partition coefficient (Wildman–Crippen LogP) is 0.245. The Morgan fingerprint density at radius 3 is 3.00 bits per heavy atom. The minimum Gasteiger partial charge on any atom is -0.373 e. The van der Waals surface area contributed by atoms with E-state index in [1.54, 1.807) is 0 Å². The van der Waals surface area contributed by atoms with Gasteiger partial charge < -0.3 is 15.4 Å². The molecular formula is C10H15N3O. The molecule has 2 N–H and O–H groups in total. The van der Waals surface area contributed by atoms with Gasteiger partial charge in [-0.05, 0) is 12.1 Å². The highest BCUT2D eigenvalue weighted by molar-refractivity contribution is 5.44. The van der Waals surface area contributed by atoms with Crippen LogP contribution in [0.4, 0.5) is 5.69 Å². The second-order valence-electron chi connectivity index (χ2n) is 3.38. The lowest BCUT2D eigenvalue weighted by atomic mass is 10.2. The van der Waals surface area contributed by atoms with Gasteiger partial charge in [0.25, 0.3) is 0 Å². The van der Waals surface area contributed by atoms with E-state index in [0.717, 1.165) is 19.7 Å². The van der Waals surface area contributed by atoms with Gasteiger partial charge in [-0.25, -0.2) is 0 Å². The molecule has 0 radical (unpaired) electrons. The first-order valence-corrected chi connectivity index (χ1v) is 4.87. The fourth-order valence-corrected chi connectivity index (χ4v) is 1.65. The first-order chi connectivity index (χ1) is 6.90. The molecule has 1 saturated heterocycles. The molecule has 14 heavy (non-hydrogen) atoms. The van der Waals surface area contributed by atoms with E-state index in [4.69, 9.17) is 10.5 Å². The van der Waals surface area contributed by atoms with E-state index < -0.39 is 0 Å². The Morgan fingerprint density at radius 2 is 2.29 bits per heavy atom. The molecule has 0 spiro atoms. The molecule has 1 aliphatic rings. The summed E-state index contributed by atoms with van der Waals surface area (Å²) in [5.41, 5.74) is 6.78. The summed E-state index contributed by atoms with van der Waals surface area (Å²) in [4.78, 5) is 6.28. The molecule has 1 fully saturated rings. The van der Waals surface area contributed by atoms with Gasteiger partial charge in [-0.2, -0.15) is 0 Å². The third-order valence-corrected chi connectivity index (χ3v) is 2.43. The SMILES string of the molecule is NCC1CN(c2ccncc2)CCO1. The number of hydrogen-bond donors (Lipinski definition) is 1. The number of morpholine rings is 1. The molecule has 0 saturated carbocycles. The Bertz CT molecular complexity index is 278. The number of nitrogens with zero attached hydrogens (tertiary/aromatic N) is 2. The monoisotopic (exact) mass is 193 g/mol. The van der Waals surface area contributed by atoms with Crippen LogP contribution in [0.25, 0.3) is 0 Å². The molecule has 0 aromatic carbocycles. The first-order valence-electron chi connectivity index (χ1n) is 4.87. The van der Waals surface area contributed by atoms with Crippen molar-refractivity contribution in [3.8, 4) is 0 Å². The van der Waals surface area contributed by atoms with Gasteiger partial charge in [0.15, 0.2) is 0 Å². The lowest BCUT2D eigenvalue weighted by Crippen LogP contribution is -2.45. The molecule has 0 bridgehead atoms. The zero-order chi connectivity index (χ0) is 9.80. The minimum absolute atomic E-state index is 0.164. The van der Waals surface area contributed by atoms with E-state index in [1.807, 2.05) is 24.5 Å². The van der Waals surface area contributed by atoms with Crippen molar-refractivity contribution in [2.24, 2.45) is 5.73 Å². The summed E-state index contributed by atoms with van der Waals surface area (Å²) in [6.45, 7) is 3.15. The average molecular weight is 193 g/mol. The molecule has 1 unspecified atom stereocenters. The molecule has 4 heteroatoms. The molecule has 76 valence electrons. The second kappa shape index (κ2) is 4.39. The Labute approximate surface area is 83.7 Å². The average Bonchev–Trinajstić information content (AvgIpc) is 2.30. The van der Waals surface area contributed by atoms with Crippen LogP contribution in [0, 0.1) is 0 Å². The molecule has 4 nitrogen and oxygen atoms in total. The summed E-state index contributed by atoms with van der Waals surface area (Å²) in [5.74, 6) is 0. The first kappa shape index (κ1) is 9.43. The Balaban J connectivity index is 2.04. The van der Waals surface area contributed by atoms with Crippen LogP contribution >= 0.6 is 0 Å². The molecular weight excluding hydrogens is 178 g/mol. The van der Waals surface area contributed by atoms with Gasteiger partial charge in [-0.3, -0.25) is 4.98 Å². The van der Waals surface area contributed by atoms with Gasteiger partial charge in [0.2, 0.25) is 0 Å². The van der Waals surface area contributed by atoms with Crippen LogP contribution in [-0.2, 0) is 4.74 Å². The van der Waals surface area contributed by atoms with Crippen LogP contribution in [-0.4, -0.2) is 37.3 Å². The van der Waals surface area contributed by atoms with Gasteiger partial charge >= 0.3 is 0 Å². The highest BCUT2D eigenvalue weighted by Gasteiger charge is 2.18. The van der Waals surface area contributed by atoms with Crippen molar-refractivity contribution in [3.63, 3.8) is 0 Å². The minimum atomic E-state index is 0.164. The largest absolute Gasteiger partial charge is 0.373 e. The maximum Gasteiger partial charge on any atom is 0.0872 e. The molecule has 1 aromatic rings. The summed E-state index contributed by atoms with van der Waals surface area (Å²) in [7, 11) is 0. The summed E-state index contributed by atoms with van der Waals surface area (Å²) < 4.78 is 5.50. The van der Waals surface area contributed by atoms with Crippen molar-refractivity contribution in [3.05, 3.63) is 24.5 Å². The van der Waals surface area contributed by atoms with Gasteiger partial charge in [0.1, 0.15) is 0 Å². The number of pyridine rings is 1. The van der Waals surface area contributed by atoms with Crippen LogP contribution in [0.2, 0.25) is 0 Å². The molecule has 0 aliphatic carbocycles. The number of rotatable bonds is 2. The van der Waals surface area contributed by atoms with Gasteiger partial charge in [-0.1, -0.05) is 0 Å². The standard InChI is InChI=1S/C10H15N3O/c11-7-10-8-13(5-6-14-10)9-1-3-12-4-2-9/h1-4,10H,5-8,11H2. The summed E-state index contributed by atoms with van der Waals surface area (Å²) >= 11 is 0. The highest BCUT2D eigenvalue weighted by Crippen LogP contribution is 2.15. The second-order valence-corrected chi connectivity index (χ2v) is 3.38. The van der Waals surface area contributed by atoms with Crippen LogP contribution in [0.1, 0.15) is 0 Å². The molecule has 1 aromatic heterocycles. The van der Waals surface area contributed by atoms with Gasteiger partial charge in [0, 0.05) is 37.7 Å². The number of aromatic nitrogens is 1. The van der Waals surface area contributed by atoms with E-state index in [0.29, 0.717) is 6.54 Å². The maximum absolute atomic E-state index is 5.58. The fourth-order valence-electron chi connectivity index (χ4n) is 1.65. The number of nitrogens with two attached hydrogens (primary N) is 1. The van der Waals surface area contributed by atoms with E-state index in [1.165, 1.54) is 5.69 Å². The smallest absolute Gasteiger partial charge is 0.0872 e. The van der Waals surface area contributed by atoms with E-state index in [2.05, 4.69) is 9.88 Å². The van der Waals surface area contributed by atoms with E-state index >= 15 is 0 Å². The van der Waals surface area contributed by atoms with Crippen LogP contribution < -0.4 is 10.6 Å². The fraction of sp³-hybridized carbons (Fsp3) is 0.500. The molecule has 2 rings (SSSR count). The van der Waals surface area contributed by atoms with Crippen LogP contribution in [0.3, 0.4) is 0 Å². The summed E-state index contributed by atoms with van der Waals surface area (Å²) in [6, 6.07) is 4.03. The summed E-state index contributed by atoms with van der Waals surface area (Å²) in [6.07, 6.45) is 3.78. The van der Waals surface area contributed by atoms with Crippen LogP contribution in [0.5, 0.6) is 0 Å². The van der Waals surface area contributed by atoms with E-state index in [-0.39, 0.29) is 6.10 Å². The third kappa shape index (κ3) is 2.02. The summed E-state index contributed by atoms with van der Waals surface area (Å²) in [5, 5.41) is 0. The molecule has 1 atom stereocenters. The normalized spacial score (nSPS) is 22.4. The van der Waals surface area contributed by atoms with Gasteiger partial charge in [-0.15, -0.1) is 0 Å². The van der Waals surface area contributed by atoms with E-state index in [9.17, 15) is 0 Å². The van der Waals surface area contributed by atoms with Crippen molar-refractivity contribution < 1.29 is 4.74 Å². The van der Waals surface area contributed by atoms with Crippen molar-refractivity contribution in [1.29, 1.82) is 0 Å². The zero-order valence-corrected chi connectivity index (χ0v) is 8.10. The maximum atomic E-state index is 5.58. The lowest BCUT2D eigenvalue weighted by Gasteiger charge is -2.33. The number of anilines is 1. The molecule has 1 aliphatic heterocycles. The quantitative estimate of drug-likeness (QED) is 0.731. The van der Waals surface area contributed by atoms with Crippen LogP contribution in [0.15, 0.2) is 24.5 Å². The van der Waals surface area contributed by atoms with Crippen molar-refractivity contribution >= 4 is 5.69 Å². The van der Waals surface area contributed by atoms with Crippen molar-refractivity contribution in [1.82, 2.24) is 4.98 Å². The topological polar surface area (TPSA) is 51.4 Å². The predicted molar refractivity (Wildman–Crippen MR) is 55.2 cm³/mol. The van der Waals surface area contributed by atoms with Gasteiger partial charge in [0.05, 0.1) is 12.7 Å². The highest BCUT2D eigenvalue weighted by atomic mass is 16.5. The Morgan fingerprint density at radius 1 is 1.50 bits per heavy atom. The number of ether oxygens (including phenoxy) is 1. The third-order valence-electron chi connectivity index (χ3n) is 2.43. The number of hydrogen-bond acceptors (Lipinski definition) is 4. The Hall–Kier alpha value is -1.13. The zero-order valence-electron chi connectivity index (χ0n) is 8.10. The Kier molecular flexibility index (Phi) is 2.96. The lowest BCUT2D eigenvalue weighted by molar-refractivity contribution is 0.0466. The van der Waals surface area contributed by atoms with Crippen molar-refractivity contribution in [2.45, 2.75) is 6.10 Å². The van der Waals surface area contributed by atoms with Crippen molar-refractivity contribution in [2.75, 3.05) is 31.1 Å².